The molecule has 1 aromatic carbocycles. The predicted molar refractivity (Wildman–Crippen MR) is 67.4 cm³/mol. The Morgan fingerprint density at radius 2 is 2.00 bits per heavy atom. The maximum Gasteiger partial charge on any atom is 0.509 e. The van der Waals surface area contributed by atoms with Crippen LogP contribution in [0.5, 0.6) is 5.75 Å². The molecule has 0 aliphatic rings. The largest absolute Gasteiger partial charge is 0.509 e. The van der Waals surface area contributed by atoms with E-state index in [0.717, 1.165) is 23.5 Å². The Labute approximate surface area is 109 Å². The van der Waals surface area contributed by atoms with Crippen molar-refractivity contribution in [1.29, 1.82) is 0 Å². The van der Waals surface area contributed by atoms with Crippen LogP contribution in [0.25, 0.3) is 0 Å². The molecule has 0 N–H and O–H groups in total. The van der Waals surface area contributed by atoms with Crippen molar-refractivity contribution < 1.29 is 17.7 Å². The zero-order valence-electron chi connectivity index (χ0n) is 10.6. The van der Waals surface area contributed by atoms with Crippen molar-refractivity contribution in [2.75, 3.05) is 0 Å². The van der Waals surface area contributed by atoms with Gasteiger partial charge in [-0.15, -0.1) is 5.46 Å². The molecule has 0 atom stereocenters. The Kier molecular flexibility index (Phi) is 3.55. The zero-order valence-corrected chi connectivity index (χ0v) is 10.6. The van der Waals surface area contributed by atoms with Crippen LogP contribution in [0.1, 0.15) is 11.4 Å². The van der Waals surface area contributed by atoms with Crippen LogP contribution in [0.3, 0.4) is 0 Å². The van der Waals surface area contributed by atoms with E-state index in [1.54, 1.807) is 11.7 Å². The third kappa shape index (κ3) is 3.30. The van der Waals surface area contributed by atoms with Gasteiger partial charge in [0.15, 0.2) is 0 Å². The van der Waals surface area contributed by atoms with Gasteiger partial charge in [0.05, 0.1) is 11.4 Å². The summed E-state index contributed by atoms with van der Waals surface area (Å²) in [7, 11) is 1.76. The highest BCUT2D eigenvalue weighted by Gasteiger charge is 2.25. The maximum absolute atomic E-state index is 12.6. The summed E-state index contributed by atoms with van der Waals surface area (Å²) in [6.07, 6.45) is 0. The van der Waals surface area contributed by atoms with Gasteiger partial charge in [-0.2, -0.15) is 5.10 Å². The molecule has 0 spiro atoms. The molecule has 0 amide bonds. The van der Waals surface area contributed by atoms with E-state index in [2.05, 4.69) is 5.10 Å². The average Bonchev–Trinajstić information content (AvgIpc) is 2.64. The van der Waals surface area contributed by atoms with E-state index in [-0.39, 0.29) is 12.4 Å². The number of rotatable bonds is 4. The Morgan fingerprint density at radius 3 is 2.58 bits per heavy atom. The van der Waals surface area contributed by atoms with E-state index in [1.165, 1.54) is 12.1 Å². The van der Waals surface area contributed by atoms with Crippen LogP contribution in [0.15, 0.2) is 30.3 Å². The second-order valence-electron chi connectivity index (χ2n) is 4.34. The van der Waals surface area contributed by atoms with Gasteiger partial charge < -0.3 is 17.7 Å². The molecule has 0 fully saturated rings. The summed E-state index contributed by atoms with van der Waals surface area (Å²) in [5.41, 5.74) is 0.993. The van der Waals surface area contributed by atoms with Crippen molar-refractivity contribution in [2.45, 2.75) is 13.5 Å². The number of hydrogen-bond acceptors (Lipinski definition) is 2. The fourth-order valence-electron chi connectivity index (χ4n) is 1.76. The third-order valence-corrected chi connectivity index (χ3v) is 2.72. The summed E-state index contributed by atoms with van der Waals surface area (Å²) in [5, 5.41) is 4.14. The summed E-state index contributed by atoms with van der Waals surface area (Å²) in [4.78, 5) is 0. The highest BCUT2D eigenvalue weighted by atomic mass is 19.4. The third-order valence-electron chi connectivity index (χ3n) is 2.72. The number of halogens is 3. The molecule has 0 saturated carbocycles. The fraction of sp³-hybridized carbons (Fsp3) is 0.250. The molecule has 0 bridgehead atoms. The first kappa shape index (κ1) is 13.5. The molecule has 0 radical (unpaired) electrons. The van der Waals surface area contributed by atoms with Crippen molar-refractivity contribution in [1.82, 2.24) is 9.78 Å². The lowest BCUT2D eigenvalue weighted by atomic mass is 9.80. The van der Waals surface area contributed by atoms with Gasteiger partial charge in [-0.1, -0.05) is 12.1 Å². The van der Waals surface area contributed by atoms with Crippen LogP contribution in [0.4, 0.5) is 12.9 Å². The quantitative estimate of drug-likeness (QED) is 0.797. The van der Waals surface area contributed by atoms with Gasteiger partial charge in [0.2, 0.25) is 0 Å². The van der Waals surface area contributed by atoms with Crippen molar-refractivity contribution in [2.24, 2.45) is 7.05 Å². The highest BCUT2D eigenvalue weighted by molar-refractivity contribution is 6.73. The first-order chi connectivity index (χ1) is 8.86. The first-order valence-electron chi connectivity index (χ1n) is 5.78. The smallest absolute Gasteiger partial charge is 0.487 e. The number of aryl methyl sites for hydroxylation is 2. The first-order valence-corrected chi connectivity index (χ1v) is 5.78. The molecule has 1 heterocycles. The van der Waals surface area contributed by atoms with Gasteiger partial charge in [-0.25, -0.2) is 0 Å². The van der Waals surface area contributed by atoms with E-state index >= 15 is 0 Å². The Balaban J connectivity index is 2.10. The Morgan fingerprint density at radius 1 is 1.26 bits per heavy atom. The molecule has 0 unspecified atom stereocenters. The number of nitrogens with zero attached hydrogens (tertiary/aromatic N) is 2. The molecule has 0 aliphatic heterocycles. The lowest BCUT2D eigenvalue weighted by Crippen LogP contribution is -2.33. The van der Waals surface area contributed by atoms with Crippen LogP contribution >= 0.6 is 0 Å². The van der Waals surface area contributed by atoms with E-state index in [1.807, 2.05) is 13.0 Å². The van der Waals surface area contributed by atoms with Crippen molar-refractivity contribution in [3.05, 3.63) is 41.7 Å². The van der Waals surface area contributed by atoms with E-state index in [4.69, 9.17) is 4.74 Å². The van der Waals surface area contributed by atoms with Crippen LogP contribution in [0, 0.1) is 6.92 Å². The van der Waals surface area contributed by atoms with Crippen LogP contribution in [0.2, 0.25) is 0 Å². The summed E-state index contributed by atoms with van der Waals surface area (Å²) in [6.45, 7) is -2.97. The molecule has 2 rings (SSSR count). The van der Waals surface area contributed by atoms with Crippen LogP contribution in [-0.2, 0) is 13.7 Å². The Hall–Kier alpha value is -1.92. The summed E-state index contributed by atoms with van der Waals surface area (Å²) in [6, 6.07) is 6.74. The molecule has 7 heteroatoms. The lowest BCUT2D eigenvalue weighted by molar-refractivity contribution is 0.295. The monoisotopic (exact) mass is 269 g/mol. The molecular weight excluding hydrogens is 256 g/mol. The van der Waals surface area contributed by atoms with Gasteiger partial charge in [-0.3, -0.25) is 4.68 Å². The molecule has 19 heavy (non-hydrogen) atoms. The number of benzene rings is 1. The lowest BCUT2D eigenvalue weighted by Gasteiger charge is -2.16. The highest BCUT2D eigenvalue weighted by Crippen LogP contribution is 2.16. The van der Waals surface area contributed by atoms with Crippen molar-refractivity contribution in [3.63, 3.8) is 0 Å². The van der Waals surface area contributed by atoms with Crippen LogP contribution < -0.4 is 10.2 Å². The second kappa shape index (κ2) is 4.99. The Bertz CT molecular complexity index is 581. The van der Waals surface area contributed by atoms with Gasteiger partial charge in [0.1, 0.15) is 12.4 Å². The topological polar surface area (TPSA) is 27.1 Å². The van der Waals surface area contributed by atoms with E-state index in [9.17, 15) is 12.9 Å². The van der Waals surface area contributed by atoms with Gasteiger partial charge in [0, 0.05) is 7.05 Å². The summed E-state index contributed by atoms with van der Waals surface area (Å²) in [5.74, 6) is 0.204. The number of aromatic nitrogens is 2. The predicted octanol–water partition coefficient (Wildman–Crippen LogP) is 2.36. The normalized spacial score (nSPS) is 11.6. The van der Waals surface area contributed by atoms with Crippen LogP contribution in [-0.4, -0.2) is 16.8 Å². The standard InChI is InChI=1S/C12H13BF3N2O/c1-9-6-11(18(2)17-9)8-19-12-5-3-4-10(7-12)13(14,15)16/h3-7H,8H2,1-2H3/q-1. The average molecular weight is 269 g/mol. The van der Waals surface area contributed by atoms with E-state index < -0.39 is 12.4 Å². The molecule has 102 valence electrons. The minimum Gasteiger partial charge on any atom is -0.487 e. The zero-order chi connectivity index (χ0) is 14.0. The minimum absolute atomic E-state index is 0.186. The van der Waals surface area contributed by atoms with Crippen molar-refractivity contribution in [3.8, 4) is 5.75 Å². The van der Waals surface area contributed by atoms with Gasteiger partial charge in [0.25, 0.3) is 0 Å². The van der Waals surface area contributed by atoms with Gasteiger partial charge in [-0.05, 0) is 25.1 Å². The molecule has 1 aromatic heterocycles. The molecule has 3 nitrogen and oxygen atoms in total. The van der Waals surface area contributed by atoms with E-state index in [0.29, 0.717) is 0 Å². The van der Waals surface area contributed by atoms with Crippen molar-refractivity contribution >= 4 is 12.4 Å². The minimum atomic E-state index is -5.00. The molecular formula is C12H13BF3N2O-. The molecule has 2 aromatic rings. The fourth-order valence-corrected chi connectivity index (χ4v) is 1.76. The molecule has 0 aliphatic carbocycles. The SMILES string of the molecule is Cc1cc(COc2cccc([B-](F)(F)F)c2)n(C)n1. The van der Waals surface area contributed by atoms with Gasteiger partial charge >= 0.3 is 6.98 Å². The number of hydrogen-bond donors (Lipinski definition) is 0. The summed E-state index contributed by atoms with van der Waals surface area (Å²) >= 11 is 0. The molecule has 0 saturated heterocycles. The second-order valence-corrected chi connectivity index (χ2v) is 4.34. The number of ether oxygens (including phenoxy) is 1. The summed E-state index contributed by atoms with van der Waals surface area (Å²) < 4.78 is 44.8. The maximum atomic E-state index is 12.6.